The van der Waals surface area contributed by atoms with Gasteiger partial charge in [0.15, 0.2) is 0 Å². The van der Waals surface area contributed by atoms with E-state index < -0.39 is 0 Å². The van der Waals surface area contributed by atoms with E-state index in [1.54, 1.807) is 7.11 Å². The van der Waals surface area contributed by atoms with Crippen LogP contribution in [0.1, 0.15) is 24.8 Å². The van der Waals surface area contributed by atoms with Crippen molar-refractivity contribution < 1.29 is 4.74 Å². The van der Waals surface area contributed by atoms with Crippen LogP contribution >= 0.6 is 11.8 Å². The zero-order chi connectivity index (χ0) is 12.6. The molecule has 100 valence electrons. The molecule has 0 saturated carbocycles. The Labute approximate surface area is 114 Å². The van der Waals surface area contributed by atoms with Gasteiger partial charge >= 0.3 is 0 Å². The lowest BCUT2D eigenvalue weighted by molar-refractivity contribution is 0.192. The Morgan fingerprint density at radius 1 is 1.28 bits per heavy atom. The number of hydrogen-bond acceptors (Lipinski definition) is 3. The number of fused-ring (bicyclic) bond motifs is 1. The van der Waals surface area contributed by atoms with Crippen molar-refractivity contribution in [1.82, 2.24) is 5.32 Å². The summed E-state index contributed by atoms with van der Waals surface area (Å²) in [5, 5.41) is 4.30. The number of benzene rings is 1. The van der Waals surface area contributed by atoms with Crippen LogP contribution < -0.4 is 5.32 Å². The first-order valence-electron chi connectivity index (χ1n) is 6.84. The maximum absolute atomic E-state index is 5.04. The predicted octanol–water partition coefficient (Wildman–Crippen LogP) is 3.11. The zero-order valence-electron chi connectivity index (χ0n) is 11.2. The fourth-order valence-electron chi connectivity index (χ4n) is 2.30. The third-order valence-corrected chi connectivity index (χ3v) is 4.61. The minimum absolute atomic E-state index is 0.723. The molecular formula is C15H23NOS. The van der Waals surface area contributed by atoms with Crippen molar-refractivity contribution in [3.05, 3.63) is 29.8 Å². The average Bonchev–Trinajstić information content (AvgIpc) is 2.80. The van der Waals surface area contributed by atoms with Gasteiger partial charge in [-0.3, -0.25) is 0 Å². The normalized spacial score (nSPS) is 17.9. The summed E-state index contributed by atoms with van der Waals surface area (Å²) < 4.78 is 5.04. The summed E-state index contributed by atoms with van der Waals surface area (Å²) in [5.74, 6) is 0. The molecular weight excluding hydrogens is 242 g/mol. The largest absolute Gasteiger partial charge is 0.385 e. The highest BCUT2D eigenvalue weighted by atomic mass is 32.2. The van der Waals surface area contributed by atoms with Gasteiger partial charge < -0.3 is 10.1 Å². The number of ether oxygens (including phenoxy) is 1. The molecule has 1 aromatic carbocycles. The van der Waals surface area contributed by atoms with E-state index in [1.165, 1.54) is 36.1 Å². The first-order chi connectivity index (χ1) is 8.90. The van der Waals surface area contributed by atoms with Gasteiger partial charge in [0, 0.05) is 30.4 Å². The first-order valence-corrected chi connectivity index (χ1v) is 7.72. The van der Waals surface area contributed by atoms with Crippen LogP contribution in [0.4, 0.5) is 0 Å². The molecule has 1 atom stereocenters. The highest BCUT2D eigenvalue weighted by Crippen LogP contribution is 2.36. The maximum Gasteiger partial charge on any atom is 0.0462 e. The van der Waals surface area contributed by atoms with Crippen LogP contribution in [0.5, 0.6) is 0 Å². The fraction of sp³-hybridized carbons (Fsp3) is 0.600. The minimum Gasteiger partial charge on any atom is -0.385 e. The van der Waals surface area contributed by atoms with E-state index in [1.807, 2.05) is 11.8 Å². The predicted molar refractivity (Wildman–Crippen MR) is 78.4 cm³/mol. The molecule has 0 amide bonds. The van der Waals surface area contributed by atoms with E-state index in [-0.39, 0.29) is 0 Å². The molecule has 0 radical (unpaired) electrons. The van der Waals surface area contributed by atoms with Crippen molar-refractivity contribution in [3.8, 4) is 0 Å². The molecule has 1 heterocycles. The van der Waals surface area contributed by atoms with Crippen LogP contribution in [0.3, 0.4) is 0 Å². The summed E-state index contributed by atoms with van der Waals surface area (Å²) in [5.41, 5.74) is 1.52. The van der Waals surface area contributed by atoms with E-state index in [4.69, 9.17) is 4.74 Å². The van der Waals surface area contributed by atoms with E-state index >= 15 is 0 Å². The summed E-state index contributed by atoms with van der Waals surface area (Å²) in [4.78, 5) is 1.48. The van der Waals surface area contributed by atoms with Crippen LogP contribution in [0.2, 0.25) is 0 Å². The van der Waals surface area contributed by atoms with E-state index in [9.17, 15) is 0 Å². The molecule has 2 nitrogen and oxygen atoms in total. The average molecular weight is 265 g/mol. The zero-order valence-corrected chi connectivity index (χ0v) is 12.0. The fourth-order valence-corrected chi connectivity index (χ4v) is 3.59. The van der Waals surface area contributed by atoms with Crippen LogP contribution in [0.15, 0.2) is 29.2 Å². The second kappa shape index (κ2) is 7.82. The Morgan fingerprint density at radius 2 is 2.17 bits per heavy atom. The second-order valence-electron chi connectivity index (χ2n) is 4.81. The number of rotatable bonds is 8. The Balaban J connectivity index is 1.54. The number of hydrogen-bond donors (Lipinski definition) is 1. The van der Waals surface area contributed by atoms with Crippen molar-refractivity contribution in [2.75, 3.05) is 26.8 Å². The summed E-state index contributed by atoms with van der Waals surface area (Å²) in [6.45, 7) is 3.16. The number of methoxy groups -OCH3 is 1. The van der Waals surface area contributed by atoms with Gasteiger partial charge in [0.05, 0.1) is 0 Å². The molecule has 1 aliphatic heterocycles. The molecule has 1 aliphatic rings. The van der Waals surface area contributed by atoms with Crippen molar-refractivity contribution >= 4 is 11.8 Å². The van der Waals surface area contributed by atoms with Crippen LogP contribution in [0.25, 0.3) is 0 Å². The van der Waals surface area contributed by atoms with E-state index in [0.717, 1.165) is 24.9 Å². The third kappa shape index (κ3) is 4.30. The molecule has 1 N–H and O–H groups in total. The summed E-state index contributed by atoms with van der Waals surface area (Å²) in [6.07, 6.45) is 4.92. The van der Waals surface area contributed by atoms with Crippen molar-refractivity contribution in [1.29, 1.82) is 0 Å². The van der Waals surface area contributed by atoms with Crippen LogP contribution in [-0.2, 0) is 11.2 Å². The minimum atomic E-state index is 0.723. The van der Waals surface area contributed by atoms with Gasteiger partial charge in [-0.25, -0.2) is 0 Å². The maximum atomic E-state index is 5.04. The van der Waals surface area contributed by atoms with Gasteiger partial charge in [-0.1, -0.05) is 18.2 Å². The van der Waals surface area contributed by atoms with Gasteiger partial charge in [0.25, 0.3) is 0 Å². The van der Waals surface area contributed by atoms with Crippen molar-refractivity contribution in [2.24, 2.45) is 0 Å². The molecule has 0 aliphatic carbocycles. The van der Waals surface area contributed by atoms with Gasteiger partial charge in [-0.15, -0.1) is 11.8 Å². The monoisotopic (exact) mass is 265 g/mol. The molecule has 1 aromatic rings. The molecule has 3 heteroatoms. The number of thioether (sulfide) groups is 1. The SMILES string of the molecule is COCCCCCNCC1Cc2ccccc2S1. The summed E-state index contributed by atoms with van der Waals surface area (Å²) >= 11 is 2.03. The highest BCUT2D eigenvalue weighted by Gasteiger charge is 2.20. The van der Waals surface area contributed by atoms with Crippen LogP contribution in [-0.4, -0.2) is 32.1 Å². The molecule has 0 bridgehead atoms. The lowest BCUT2D eigenvalue weighted by atomic mass is 10.1. The van der Waals surface area contributed by atoms with E-state index in [2.05, 4.69) is 29.6 Å². The molecule has 2 rings (SSSR count). The molecule has 0 fully saturated rings. The lowest BCUT2D eigenvalue weighted by Gasteiger charge is -2.09. The van der Waals surface area contributed by atoms with Gasteiger partial charge in [-0.2, -0.15) is 0 Å². The van der Waals surface area contributed by atoms with Crippen molar-refractivity contribution in [3.63, 3.8) is 0 Å². The smallest absolute Gasteiger partial charge is 0.0462 e. The number of unbranched alkanes of at least 4 members (excludes halogenated alkanes) is 2. The van der Waals surface area contributed by atoms with Gasteiger partial charge in [-0.05, 0) is 43.9 Å². The van der Waals surface area contributed by atoms with Crippen molar-refractivity contribution in [2.45, 2.75) is 35.8 Å². The summed E-state index contributed by atoms with van der Waals surface area (Å²) in [6, 6.07) is 8.78. The lowest BCUT2D eigenvalue weighted by Crippen LogP contribution is -2.25. The van der Waals surface area contributed by atoms with E-state index in [0.29, 0.717) is 0 Å². The topological polar surface area (TPSA) is 21.3 Å². The van der Waals surface area contributed by atoms with Crippen LogP contribution in [0, 0.1) is 0 Å². The summed E-state index contributed by atoms with van der Waals surface area (Å²) in [7, 11) is 1.77. The van der Waals surface area contributed by atoms with Gasteiger partial charge in [0.2, 0.25) is 0 Å². The molecule has 0 spiro atoms. The third-order valence-electron chi connectivity index (χ3n) is 3.29. The quantitative estimate of drug-likeness (QED) is 0.730. The Bertz CT molecular complexity index is 331. The second-order valence-corrected chi connectivity index (χ2v) is 6.15. The Morgan fingerprint density at radius 3 is 3.00 bits per heavy atom. The molecule has 0 aromatic heterocycles. The molecule has 18 heavy (non-hydrogen) atoms. The number of nitrogens with one attached hydrogen (secondary N) is 1. The highest BCUT2D eigenvalue weighted by molar-refractivity contribution is 8.00. The molecule has 0 saturated heterocycles. The Hall–Kier alpha value is -0.510. The Kier molecular flexibility index (Phi) is 6.05. The first kappa shape index (κ1) is 13.9. The standard InChI is InChI=1S/C15H23NOS/c1-17-10-6-2-5-9-16-12-14-11-13-7-3-4-8-15(13)18-14/h3-4,7-8,14,16H,2,5-6,9-12H2,1H3. The molecule has 1 unspecified atom stereocenters. The van der Waals surface area contributed by atoms with Gasteiger partial charge in [0.1, 0.15) is 0 Å².